The molecule has 0 spiro atoms. The second-order valence-corrected chi connectivity index (χ2v) is 3.53. The fourth-order valence-corrected chi connectivity index (χ4v) is 1.57. The van der Waals surface area contributed by atoms with Crippen LogP contribution in [0, 0.1) is 6.92 Å². The van der Waals surface area contributed by atoms with Crippen molar-refractivity contribution in [1.82, 2.24) is 4.98 Å². The Bertz CT molecular complexity index is 279. The van der Waals surface area contributed by atoms with E-state index in [1.165, 1.54) is 24.0 Å². The summed E-state index contributed by atoms with van der Waals surface area (Å²) < 4.78 is 0. The van der Waals surface area contributed by atoms with Crippen LogP contribution in [-0.2, 0) is 0 Å². The van der Waals surface area contributed by atoms with Gasteiger partial charge in [-0.25, -0.2) is 4.98 Å². The summed E-state index contributed by atoms with van der Waals surface area (Å²) in [4.78, 5) is 4.07. The Morgan fingerprint density at radius 1 is 1.55 bits per heavy atom. The Morgan fingerprint density at radius 2 is 2.27 bits per heavy atom. The lowest BCUT2D eigenvalue weighted by Gasteiger charge is -2.01. The van der Waals surface area contributed by atoms with Crippen molar-refractivity contribution in [2.24, 2.45) is 0 Å². The molecule has 1 aliphatic carbocycles. The Labute approximate surface area is 71.4 Å². The van der Waals surface area contributed by atoms with Gasteiger partial charge in [0.25, 0.3) is 0 Å². The number of rotatable bonds is 1. The number of aryl methyl sites for hydroxylation is 1. The van der Waals surface area contributed by atoms with Crippen LogP contribution in [0.1, 0.15) is 29.9 Å². The second kappa shape index (κ2) is 2.49. The van der Waals surface area contributed by atoms with Gasteiger partial charge in [-0.3, -0.25) is 0 Å². The van der Waals surface area contributed by atoms with Crippen LogP contribution in [0.25, 0.3) is 0 Å². The molecule has 0 radical (unpaired) electrons. The summed E-state index contributed by atoms with van der Waals surface area (Å²) in [5.41, 5.74) is 2.67. The molecule has 1 saturated carbocycles. The SMILES string of the molecule is Cc1cc(Cl)ncc1C1CC1. The summed E-state index contributed by atoms with van der Waals surface area (Å²) in [5, 5.41) is 0.604. The maximum Gasteiger partial charge on any atom is 0.129 e. The zero-order chi connectivity index (χ0) is 7.84. The molecule has 2 rings (SSSR count). The van der Waals surface area contributed by atoms with Crippen molar-refractivity contribution in [2.45, 2.75) is 25.7 Å². The van der Waals surface area contributed by atoms with Crippen LogP contribution in [0.15, 0.2) is 12.3 Å². The standard InChI is InChI=1S/C9H10ClN/c1-6-4-9(10)11-5-8(6)7-2-3-7/h4-5,7H,2-3H2,1H3. The largest absolute Gasteiger partial charge is 0.244 e. The van der Waals surface area contributed by atoms with E-state index in [0.29, 0.717) is 5.15 Å². The maximum atomic E-state index is 5.73. The number of halogens is 1. The molecule has 1 aromatic rings. The van der Waals surface area contributed by atoms with Crippen molar-refractivity contribution in [2.75, 3.05) is 0 Å². The predicted molar refractivity (Wildman–Crippen MR) is 46.0 cm³/mol. The second-order valence-electron chi connectivity index (χ2n) is 3.14. The lowest BCUT2D eigenvalue weighted by Crippen LogP contribution is -1.87. The predicted octanol–water partition coefficient (Wildman–Crippen LogP) is 2.92. The lowest BCUT2D eigenvalue weighted by atomic mass is 10.1. The van der Waals surface area contributed by atoms with Gasteiger partial charge in [0, 0.05) is 6.20 Å². The minimum Gasteiger partial charge on any atom is -0.244 e. The summed E-state index contributed by atoms with van der Waals surface area (Å²) in [6.07, 6.45) is 4.56. The van der Waals surface area contributed by atoms with Crippen LogP contribution in [-0.4, -0.2) is 4.98 Å². The van der Waals surface area contributed by atoms with E-state index in [4.69, 9.17) is 11.6 Å². The number of nitrogens with zero attached hydrogens (tertiary/aromatic N) is 1. The Morgan fingerprint density at radius 3 is 2.82 bits per heavy atom. The Hall–Kier alpha value is -0.560. The van der Waals surface area contributed by atoms with Crippen LogP contribution in [0.2, 0.25) is 5.15 Å². The van der Waals surface area contributed by atoms with Gasteiger partial charge < -0.3 is 0 Å². The molecule has 2 heteroatoms. The monoisotopic (exact) mass is 167 g/mol. The first-order valence-electron chi connectivity index (χ1n) is 3.89. The molecule has 0 bridgehead atoms. The van der Waals surface area contributed by atoms with E-state index in [2.05, 4.69) is 11.9 Å². The normalized spacial score (nSPS) is 16.9. The number of hydrogen-bond donors (Lipinski definition) is 0. The fourth-order valence-electron chi connectivity index (χ4n) is 1.35. The van der Waals surface area contributed by atoms with E-state index in [1.807, 2.05) is 12.3 Å². The van der Waals surface area contributed by atoms with E-state index in [9.17, 15) is 0 Å². The van der Waals surface area contributed by atoms with Crippen molar-refractivity contribution < 1.29 is 0 Å². The van der Waals surface area contributed by atoms with E-state index in [0.717, 1.165) is 5.92 Å². The van der Waals surface area contributed by atoms with Crippen LogP contribution in [0.4, 0.5) is 0 Å². The van der Waals surface area contributed by atoms with Gasteiger partial charge >= 0.3 is 0 Å². The molecule has 0 unspecified atom stereocenters. The molecule has 0 aliphatic heterocycles. The highest BCUT2D eigenvalue weighted by molar-refractivity contribution is 6.29. The number of hydrogen-bond acceptors (Lipinski definition) is 1. The minimum atomic E-state index is 0.604. The van der Waals surface area contributed by atoms with Crippen LogP contribution >= 0.6 is 11.6 Å². The van der Waals surface area contributed by atoms with Crippen molar-refractivity contribution in [1.29, 1.82) is 0 Å². The first-order valence-corrected chi connectivity index (χ1v) is 4.27. The Kier molecular flexibility index (Phi) is 1.61. The van der Waals surface area contributed by atoms with Gasteiger partial charge in [-0.15, -0.1) is 0 Å². The first kappa shape index (κ1) is 7.11. The van der Waals surface area contributed by atoms with E-state index in [1.54, 1.807) is 0 Å². The van der Waals surface area contributed by atoms with Gasteiger partial charge in [-0.1, -0.05) is 11.6 Å². The molecule has 11 heavy (non-hydrogen) atoms. The molecule has 0 saturated heterocycles. The van der Waals surface area contributed by atoms with Gasteiger partial charge in [0.2, 0.25) is 0 Å². The zero-order valence-electron chi connectivity index (χ0n) is 6.47. The molecular weight excluding hydrogens is 158 g/mol. The van der Waals surface area contributed by atoms with Gasteiger partial charge in [-0.05, 0) is 42.9 Å². The average molecular weight is 168 g/mol. The Balaban J connectivity index is 2.39. The molecule has 0 amide bonds. The van der Waals surface area contributed by atoms with Crippen LogP contribution in [0.5, 0.6) is 0 Å². The molecule has 1 heterocycles. The zero-order valence-corrected chi connectivity index (χ0v) is 7.23. The highest BCUT2D eigenvalue weighted by atomic mass is 35.5. The molecule has 1 nitrogen and oxygen atoms in total. The average Bonchev–Trinajstić information content (AvgIpc) is 2.70. The summed E-state index contributed by atoms with van der Waals surface area (Å²) in [6.45, 7) is 2.10. The number of pyridine rings is 1. The van der Waals surface area contributed by atoms with E-state index in [-0.39, 0.29) is 0 Å². The summed E-state index contributed by atoms with van der Waals surface area (Å²) in [6, 6.07) is 1.94. The maximum absolute atomic E-state index is 5.73. The van der Waals surface area contributed by atoms with Crippen molar-refractivity contribution >= 4 is 11.6 Å². The molecule has 0 atom stereocenters. The molecule has 0 N–H and O–H groups in total. The molecular formula is C9H10ClN. The van der Waals surface area contributed by atoms with Crippen molar-refractivity contribution in [3.8, 4) is 0 Å². The van der Waals surface area contributed by atoms with Gasteiger partial charge in [-0.2, -0.15) is 0 Å². The van der Waals surface area contributed by atoms with Gasteiger partial charge in [0.05, 0.1) is 0 Å². The van der Waals surface area contributed by atoms with E-state index >= 15 is 0 Å². The highest BCUT2D eigenvalue weighted by Crippen LogP contribution is 2.41. The van der Waals surface area contributed by atoms with Crippen LogP contribution < -0.4 is 0 Å². The summed E-state index contributed by atoms with van der Waals surface area (Å²) in [5.74, 6) is 0.778. The first-order chi connectivity index (χ1) is 5.27. The number of aromatic nitrogens is 1. The third-order valence-corrected chi connectivity index (χ3v) is 2.34. The fraction of sp³-hybridized carbons (Fsp3) is 0.444. The van der Waals surface area contributed by atoms with Crippen LogP contribution in [0.3, 0.4) is 0 Å². The molecule has 1 fully saturated rings. The smallest absolute Gasteiger partial charge is 0.129 e. The molecule has 0 aromatic carbocycles. The summed E-state index contributed by atoms with van der Waals surface area (Å²) in [7, 11) is 0. The topological polar surface area (TPSA) is 12.9 Å². The molecule has 58 valence electrons. The van der Waals surface area contributed by atoms with Gasteiger partial charge in [0.1, 0.15) is 5.15 Å². The summed E-state index contributed by atoms with van der Waals surface area (Å²) >= 11 is 5.73. The third-order valence-electron chi connectivity index (χ3n) is 2.14. The minimum absolute atomic E-state index is 0.604. The van der Waals surface area contributed by atoms with E-state index < -0.39 is 0 Å². The van der Waals surface area contributed by atoms with Crippen molar-refractivity contribution in [3.05, 3.63) is 28.5 Å². The van der Waals surface area contributed by atoms with Gasteiger partial charge in [0.15, 0.2) is 0 Å². The lowest BCUT2D eigenvalue weighted by molar-refractivity contribution is 1.06. The molecule has 1 aromatic heterocycles. The quantitative estimate of drug-likeness (QED) is 0.587. The molecule has 1 aliphatic rings. The highest BCUT2D eigenvalue weighted by Gasteiger charge is 2.25. The van der Waals surface area contributed by atoms with Crippen molar-refractivity contribution in [3.63, 3.8) is 0 Å². The third kappa shape index (κ3) is 1.38.